The van der Waals surface area contributed by atoms with Crippen LogP contribution in [0.5, 0.6) is 0 Å². The summed E-state index contributed by atoms with van der Waals surface area (Å²) in [5, 5.41) is -0.817. The molecule has 1 heterocycles. The number of amides is 1. The molecule has 1 amide bonds. The van der Waals surface area contributed by atoms with Crippen LogP contribution in [0.1, 0.15) is 24.8 Å². The van der Waals surface area contributed by atoms with Crippen LogP contribution in [0.4, 0.5) is 0 Å². The van der Waals surface area contributed by atoms with Crippen molar-refractivity contribution in [3.05, 3.63) is 35.9 Å². The number of β-lactam (4-membered cyclic amide) rings is 1. The van der Waals surface area contributed by atoms with Gasteiger partial charge >= 0.3 is 0 Å². The van der Waals surface area contributed by atoms with Gasteiger partial charge in [0.1, 0.15) is 5.37 Å². The Bertz CT molecular complexity index is 624. The van der Waals surface area contributed by atoms with E-state index < -0.39 is 15.2 Å². The van der Waals surface area contributed by atoms with Crippen LogP contribution in [0.25, 0.3) is 0 Å². The molecule has 0 saturated carbocycles. The summed E-state index contributed by atoms with van der Waals surface area (Å²) >= 11 is 0. The van der Waals surface area contributed by atoms with Gasteiger partial charge in [-0.2, -0.15) is 0 Å². The van der Waals surface area contributed by atoms with Gasteiger partial charge < -0.3 is 4.90 Å². The zero-order valence-electron chi connectivity index (χ0n) is 12.0. The second kappa shape index (κ2) is 6.39. The monoisotopic (exact) mass is 309 g/mol. The zero-order chi connectivity index (χ0) is 15.5. The van der Waals surface area contributed by atoms with E-state index in [9.17, 15) is 18.0 Å². The molecule has 21 heavy (non-hydrogen) atoms. The van der Waals surface area contributed by atoms with Crippen LogP contribution >= 0.6 is 0 Å². The Morgan fingerprint density at radius 2 is 1.95 bits per heavy atom. The molecule has 0 aliphatic carbocycles. The minimum Gasteiger partial charge on any atom is -0.318 e. The predicted octanol–water partition coefficient (Wildman–Crippen LogP) is 1.18. The van der Waals surface area contributed by atoms with Crippen molar-refractivity contribution in [1.82, 2.24) is 4.90 Å². The number of Topliss-reactive ketones (excluding diaryl/α,β-unsaturated/α-hetero) is 1. The lowest BCUT2D eigenvalue weighted by Crippen LogP contribution is -2.57. The summed E-state index contributed by atoms with van der Waals surface area (Å²) in [6.07, 6.45) is 2.95. The molecule has 5 nitrogen and oxygen atoms in total. The quantitative estimate of drug-likeness (QED) is 0.709. The van der Waals surface area contributed by atoms with Crippen molar-refractivity contribution >= 4 is 21.5 Å². The predicted molar refractivity (Wildman–Crippen MR) is 79.3 cm³/mol. The van der Waals surface area contributed by atoms with Crippen molar-refractivity contribution in [2.45, 2.75) is 31.1 Å². The summed E-state index contributed by atoms with van der Waals surface area (Å²) in [5.74, 6) is -0.352. The van der Waals surface area contributed by atoms with E-state index in [4.69, 9.17) is 0 Å². The molecule has 1 aliphatic heterocycles. The summed E-state index contributed by atoms with van der Waals surface area (Å²) in [7, 11) is -3.30. The minimum atomic E-state index is -3.30. The summed E-state index contributed by atoms with van der Waals surface area (Å²) in [4.78, 5) is 24.5. The lowest BCUT2D eigenvalue weighted by atomic mass is 10.1. The number of nitrogens with zero attached hydrogens (tertiary/aromatic N) is 1. The van der Waals surface area contributed by atoms with Crippen molar-refractivity contribution < 1.29 is 18.0 Å². The third kappa shape index (κ3) is 4.14. The lowest BCUT2D eigenvalue weighted by Gasteiger charge is -2.38. The summed E-state index contributed by atoms with van der Waals surface area (Å²) in [6.45, 7) is -0.0919. The van der Waals surface area contributed by atoms with Gasteiger partial charge in [0.25, 0.3) is 0 Å². The van der Waals surface area contributed by atoms with Gasteiger partial charge in [-0.05, 0) is 18.4 Å². The maximum atomic E-state index is 11.9. The number of rotatable bonds is 7. The standard InChI is InChI=1S/C15H19NO4S/c1-21(19,20)15-10-14(18)16(15)11-13(17)9-5-8-12-6-3-2-4-7-12/h2-4,6-7,15H,5,8-11H2,1H3. The van der Waals surface area contributed by atoms with E-state index in [0.29, 0.717) is 12.8 Å². The van der Waals surface area contributed by atoms with Crippen molar-refractivity contribution in [3.63, 3.8) is 0 Å². The Labute approximate surface area is 124 Å². The van der Waals surface area contributed by atoms with Crippen LogP contribution in [0.15, 0.2) is 30.3 Å². The second-order valence-corrected chi connectivity index (χ2v) is 7.59. The van der Waals surface area contributed by atoms with Crippen LogP contribution in [0.2, 0.25) is 0 Å². The summed E-state index contributed by atoms with van der Waals surface area (Å²) < 4.78 is 22.9. The van der Waals surface area contributed by atoms with E-state index in [-0.39, 0.29) is 24.7 Å². The van der Waals surface area contributed by atoms with Crippen LogP contribution in [0, 0.1) is 0 Å². The average molecular weight is 309 g/mol. The number of carbonyl (C=O) groups is 2. The van der Waals surface area contributed by atoms with E-state index >= 15 is 0 Å². The third-order valence-corrected chi connectivity index (χ3v) is 5.03. The van der Waals surface area contributed by atoms with Crippen LogP contribution < -0.4 is 0 Å². The number of sulfone groups is 1. The molecule has 0 N–H and O–H groups in total. The Morgan fingerprint density at radius 1 is 1.29 bits per heavy atom. The smallest absolute Gasteiger partial charge is 0.227 e. The maximum absolute atomic E-state index is 11.9. The van der Waals surface area contributed by atoms with E-state index in [1.54, 1.807) is 0 Å². The topological polar surface area (TPSA) is 71.5 Å². The Balaban J connectivity index is 1.78. The largest absolute Gasteiger partial charge is 0.318 e. The van der Waals surface area contributed by atoms with Crippen molar-refractivity contribution in [2.75, 3.05) is 12.8 Å². The van der Waals surface area contributed by atoms with Gasteiger partial charge in [-0.15, -0.1) is 0 Å². The van der Waals surface area contributed by atoms with Gasteiger partial charge in [-0.3, -0.25) is 9.59 Å². The molecule has 1 saturated heterocycles. The normalized spacial score (nSPS) is 18.4. The molecule has 0 spiro atoms. The molecule has 1 aromatic rings. The molecular weight excluding hydrogens is 290 g/mol. The number of benzene rings is 1. The van der Waals surface area contributed by atoms with Gasteiger partial charge in [0.2, 0.25) is 5.91 Å². The highest BCUT2D eigenvalue weighted by Crippen LogP contribution is 2.23. The van der Waals surface area contributed by atoms with Crippen LogP contribution in [0.3, 0.4) is 0 Å². The van der Waals surface area contributed by atoms with Gasteiger partial charge in [0, 0.05) is 12.7 Å². The molecule has 0 bridgehead atoms. The highest BCUT2D eigenvalue weighted by molar-refractivity contribution is 7.91. The zero-order valence-corrected chi connectivity index (χ0v) is 12.8. The van der Waals surface area contributed by atoms with E-state index in [1.165, 1.54) is 10.5 Å². The minimum absolute atomic E-state index is 0.00384. The number of likely N-dealkylation sites (tertiary alicyclic amines) is 1. The SMILES string of the molecule is CS(=O)(=O)C1CC(=O)N1CC(=O)CCCc1ccccc1. The first-order chi connectivity index (χ1) is 9.88. The number of aryl methyl sites for hydroxylation is 1. The molecule has 1 fully saturated rings. The highest BCUT2D eigenvalue weighted by atomic mass is 32.2. The molecule has 1 unspecified atom stereocenters. The molecule has 1 aromatic carbocycles. The first-order valence-electron chi connectivity index (χ1n) is 6.92. The highest BCUT2D eigenvalue weighted by Gasteiger charge is 2.43. The number of carbonyl (C=O) groups excluding carboxylic acids is 2. The Kier molecular flexibility index (Phi) is 4.77. The van der Waals surface area contributed by atoms with E-state index in [2.05, 4.69) is 0 Å². The van der Waals surface area contributed by atoms with Crippen molar-refractivity contribution in [2.24, 2.45) is 0 Å². The summed E-state index contributed by atoms with van der Waals surface area (Å²) in [5.41, 5.74) is 1.17. The second-order valence-electron chi connectivity index (χ2n) is 5.39. The maximum Gasteiger partial charge on any atom is 0.227 e. The van der Waals surface area contributed by atoms with E-state index in [0.717, 1.165) is 12.7 Å². The fraction of sp³-hybridized carbons (Fsp3) is 0.467. The third-order valence-electron chi connectivity index (χ3n) is 3.62. The first-order valence-corrected chi connectivity index (χ1v) is 8.87. The molecule has 1 aliphatic rings. The van der Waals surface area contributed by atoms with Gasteiger partial charge in [-0.25, -0.2) is 8.42 Å². The molecular formula is C15H19NO4S. The van der Waals surface area contributed by atoms with Gasteiger partial charge in [0.15, 0.2) is 15.6 Å². The van der Waals surface area contributed by atoms with Crippen molar-refractivity contribution in [3.8, 4) is 0 Å². The number of hydrogen-bond donors (Lipinski definition) is 0. The fourth-order valence-corrected chi connectivity index (χ4v) is 3.50. The van der Waals surface area contributed by atoms with Crippen LogP contribution in [-0.2, 0) is 25.8 Å². The van der Waals surface area contributed by atoms with Gasteiger partial charge in [-0.1, -0.05) is 30.3 Å². The molecule has 0 aromatic heterocycles. The molecule has 2 rings (SSSR count). The Hall–Kier alpha value is -1.69. The first kappa shape index (κ1) is 15.7. The van der Waals surface area contributed by atoms with Crippen LogP contribution in [-0.4, -0.2) is 43.2 Å². The number of hydrogen-bond acceptors (Lipinski definition) is 4. The summed E-state index contributed by atoms with van der Waals surface area (Å²) in [6, 6.07) is 9.85. The van der Waals surface area contributed by atoms with E-state index in [1.807, 2.05) is 30.3 Å². The Morgan fingerprint density at radius 3 is 2.52 bits per heavy atom. The molecule has 114 valence electrons. The van der Waals surface area contributed by atoms with Crippen molar-refractivity contribution in [1.29, 1.82) is 0 Å². The molecule has 0 radical (unpaired) electrons. The lowest BCUT2D eigenvalue weighted by molar-refractivity contribution is -0.145. The molecule has 1 atom stereocenters. The molecule has 6 heteroatoms. The number of ketones is 1. The fourth-order valence-electron chi connectivity index (χ4n) is 2.40. The van der Waals surface area contributed by atoms with Gasteiger partial charge in [0.05, 0.1) is 13.0 Å². The average Bonchev–Trinajstić information content (AvgIpc) is 2.42.